The van der Waals surface area contributed by atoms with E-state index in [-0.39, 0.29) is 12.5 Å². The maximum atomic E-state index is 12.6. The van der Waals surface area contributed by atoms with E-state index in [1.54, 1.807) is 24.3 Å². The van der Waals surface area contributed by atoms with Gasteiger partial charge in [-0.2, -0.15) is 5.10 Å². The molecule has 1 amide bonds. The summed E-state index contributed by atoms with van der Waals surface area (Å²) in [5, 5.41) is 10.2. The van der Waals surface area contributed by atoms with E-state index >= 15 is 0 Å². The summed E-state index contributed by atoms with van der Waals surface area (Å²) in [6.07, 6.45) is 6.77. The van der Waals surface area contributed by atoms with Crippen LogP contribution in [0.25, 0.3) is 11.3 Å². The summed E-state index contributed by atoms with van der Waals surface area (Å²) in [5.41, 5.74) is 7.64. The molecule has 0 aliphatic carbocycles. The van der Waals surface area contributed by atoms with Gasteiger partial charge in [-0.3, -0.25) is 4.79 Å². The van der Waals surface area contributed by atoms with Crippen LogP contribution in [0.4, 0.5) is 10.8 Å². The van der Waals surface area contributed by atoms with E-state index in [9.17, 15) is 4.79 Å². The lowest BCUT2D eigenvalue weighted by molar-refractivity contribution is 0.0955. The van der Waals surface area contributed by atoms with Crippen molar-refractivity contribution in [1.82, 2.24) is 10.4 Å². The Bertz CT molecular complexity index is 1460. The third-order valence-electron chi connectivity index (χ3n) is 5.21. The molecule has 0 saturated carbocycles. The van der Waals surface area contributed by atoms with Crippen molar-refractivity contribution in [3.05, 3.63) is 87.2 Å². The number of benzene rings is 3. The highest BCUT2D eigenvalue weighted by molar-refractivity contribution is 9.10. The molecule has 4 aromatic rings. The second-order valence-corrected chi connectivity index (χ2v) is 9.54. The highest BCUT2D eigenvalue weighted by atomic mass is 79.9. The summed E-state index contributed by atoms with van der Waals surface area (Å²) >= 11 is 4.99. The van der Waals surface area contributed by atoms with Crippen LogP contribution in [0.5, 0.6) is 11.5 Å². The molecule has 0 saturated heterocycles. The predicted octanol–water partition coefficient (Wildman–Crippen LogP) is 6.41. The van der Waals surface area contributed by atoms with Crippen LogP contribution in [0.3, 0.4) is 0 Å². The Hall–Kier alpha value is -4.13. The number of amides is 1. The van der Waals surface area contributed by atoms with Crippen LogP contribution in [0.15, 0.2) is 75.6 Å². The van der Waals surface area contributed by atoms with Crippen molar-refractivity contribution in [1.29, 1.82) is 0 Å². The molecule has 0 aliphatic rings. The van der Waals surface area contributed by atoms with Gasteiger partial charge in [-0.25, -0.2) is 10.4 Å². The number of hydrazone groups is 1. The van der Waals surface area contributed by atoms with Gasteiger partial charge in [-0.1, -0.05) is 35.7 Å². The van der Waals surface area contributed by atoms with Crippen molar-refractivity contribution >= 4 is 50.2 Å². The van der Waals surface area contributed by atoms with E-state index in [0.29, 0.717) is 27.1 Å². The summed E-state index contributed by atoms with van der Waals surface area (Å²) in [6, 6.07) is 18.8. The number of aromatic nitrogens is 1. The zero-order valence-electron chi connectivity index (χ0n) is 20.1. The number of carbonyl (C=O) groups excluding carboxylic acids is 1. The minimum absolute atomic E-state index is 0.124. The SMILES string of the molecule is C#CCOc1cc(Br)c(/C=N\NC(=O)c2ccc(-c3csc(Nc4ccc(C)cc4)n3)cc2)cc1OC. The van der Waals surface area contributed by atoms with Crippen LogP contribution < -0.4 is 20.2 Å². The second-order valence-electron chi connectivity index (χ2n) is 7.82. The fraction of sp³-hybridized carbons (Fsp3) is 0.107. The number of thiazole rings is 1. The first-order valence-electron chi connectivity index (χ1n) is 11.1. The van der Waals surface area contributed by atoms with Crippen LogP contribution in [0.2, 0.25) is 0 Å². The number of hydrogen-bond donors (Lipinski definition) is 2. The number of nitrogens with one attached hydrogen (secondary N) is 2. The number of ether oxygens (including phenoxy) is 2. The minimum Gasteiger partial charge on any atom is -0.493 e. The molecular formula is C28H23BrN4O3S. The summed E-state index contributed by atoms with van der Waals surface area (Å²) in [4.78, 5) is 17.2. The maximum Gasteiger partial charge on any atom is 0.271 e. The molecule has 1 heterocycles. The van der Waals surface area contributed by atoms with E-state index in [1.165, 1.54) is 30.2 Å². The van der Waals surface area contributed by atoms with Gasteiger partial charge in [-0.05, 0) is 59.3 Å². The molecule has 2 N–H and O–H groups in total. The quantitative estimate of drug-likeness (QED) is 0.137. The van der Waals surface area contributed by atoms with Crippen molar-refractivity contribution in [3.63, 3.8) is 0 Å². The standard InChI is InChI=1S/C28H23BrN4O3S/c1-4-13-36-26-15-23(29)21(14-25(26)35-3)16-30-33-27(34)20-9-7-19(8-10-20)24-17-37-28(32-24)31-22-11-5-18(2)6-12-22/h1,5-12,14-17H,13H2,2-3H3,(H,31,32)(H,33,34)/b30-16-. The molecule has 9 heteroatoms. The molecule has 0 atom stereocenters. The zero-order chi connectivity index (χ0) is 26.2. The number of nitrogens with zero attached hydrogens (tertiary/aromatic N) is 2. The zero-order valence-corrected chi connectivity index (χ0v) is 22.5. The second kappa shape index (κ2) is 12.2. The molecule has 4 rings (SSSR count). The summed E-state index contributed by atoms with van der Waals surface area (Å²) in [5.74, 6) is 3.09. The lowest BCUT2D eigenvalue weighted by Gasteiger charge is -2.10. The molecular weight excluding hydrogens is 552 g/mol. The smallest absolute Gasteiger partial charge is 0.271 e. The Morgan fingerprint density at radius 2 is 1.92 bits per heavy atom. The number of rotatable bonds is 9. The van der Waals surface area contributed by atoms with Gasteiger partial charge in [0.25, 0.3) is 5.91 Å². The largest absolute Gasteiger partial charge is 0.493 e. The van der Waals surface area contributed by atoms with Gasteiger partial charge >= 0.3 is 0 Å². The first-order chi connectivity index (χ1) is 18.0. The van der Waals surface area contributed by atoms with Crippen molar-refractivity contribution in [3.8, 4) is 35.1 Å². The maximum absolute atomic E-state index is 12.6. The van der Waals surface area contributed by atoms with E-state index in [1.807, 2.05) is 41.8 Å². The topological polar surface area (TPSA) is 84.8 Å². The normalized spacial score (nSPS) is 10.6. The number of hydrogen-bond acceptors (Lipinski definition) is 7. The fourth-order valence-corrected chi connectivity index (χ4v) is 4.45. The average Bonchev–Trinajstić information content (AvgIpc) is 3.38. The Morgan fingerprint density at radius 1 is 1.16 bits per heavy atom. The molecule has 3 aromatic carbocycles. The summed E-state index contributed by atoms with van der Waals surface area (Å²) < 4.78 is 11.5. The molecule has 0 spiro atoms. The number of anilines is 2. The Labute approximate surface area is 227 Å². The lowest BCUT2D eigenvalue weighted by Crippen LogP contribution is -2.17. The van der Waals surface area contributed by atoms with Crippen LogP contribution in [0.1, 0.15) is 21.5 Å². The minimum atomic E-state index is -0.333. The number of methoxy groups -OCH3 is 1. The monoisotopic (exact) mass is 574 g/mol. The summed E-state index contributed by atoms with van der Waals surface area (Å²) in [7, 11) is 1.53. The van der Waals surface area contributed by atoms with Crippen LogP contribution in [-0.2, 0) is 0 Å². The van der Waals surface area contributed by atoms with Gasteiger partial charge in [0.1, 0.15) is 6.61 Å². The highest BCUT2D eigenvalue weighted by Crippen LogP contribution is 2.33. The molecule has 186 valence electrons. The third-order valence-corrected chi connectivity index (χ3v) is 6.66. The molecule has 37 heavy (non-hydrogen) atoms. The molecule has 0 aliphatic heterocycles. The van der Waals surface area contributed by atoms with E-state index < -0.39 is 0 Å². The average molecular weight is 575 g/mol. The van der Waals surface area contributed by atoms with Crippen LogP contribution in [-0.4, -0.2) is 30.8 Å². The first-order valence-corrected chi connectivity index (χ1v) is 12.8. The summed E-state index contributed by atoms with van der Waals surface area (Å²) in [6.45, 7) is 2.18. The van der Waals surface area contributed by atoms with Crippen LogP contribution in [0, 0.1) is 19.3 Å². The molecule has 0 bridgehead atoms. The number of aryl methyl sites for hydroxylation is 1. The molecule has 0 unspecified atom stereocenters. The number of carbonyl (C=O) groups is 1. The van der Waals surface area contributed by atoms with E-state index in [4.69, 9.17) is 15.9 Å². The van der Waals surface area contributed by atoms with Gasteiger partial charge in [0.15, 0.2) is 16.6 Å². The molecule has 1 aromatic heterocycles. The number of halogens is 1. The van der Waals surface area contributed by atoms with Gasteiger partial charge in [0.05, 0.1) is 19.0 Å². The van der Waals surface area contributed by atoms with Gasteiger partial charge in [-0.15, -0.1) is 17.8 Å². The Kier molecular flexibility index (Phi) is 8.56. The van der Waals surface area contributed by atoms with Crippen molar-refractivity contribution < 1.29 is 14.3 Å². The lowest BCUT2D eigenvalue weighted by atomic mass is 10.1. The molecule has 0 radical (unpaired) electrons. The van der Waals surface area contributed by atoms with Crippen LogP contribution >= 0.6 is 27.3 Å². The van der Waals surface area contributed by atoms with Crippen molar-refractivity contribution in [2.24, 2.45) is 5.10 Å². The first kappa shape index (κ1) is 25.9. The van der Waals surface area contributed by atoms with Gasteiger partial charge < -0.3 is 14.8 Å². The predicted molar refractivity (Wildman–Crippen MR) is 152 cm³/mol. The highest BCUT2D eigenvalue weighted by Gasteiger charge is 2.11. The fourth-order valence-electron chi connectivity index (χ4n) is 3.28. The van der Waals surface area contributed by atoms with E-state index in [0.717, 1.165) is 22.1 Å². The van der Waals surface area contributed by atoms with Crippen molar-refractivity contribution in [2.45, 2.75) is 6.92 Å². The number of terminal acetylenes is 1. The Morgan fingerprint density at radius 3 is 2.62 bits per heavy atom. The molecule has 7 nitrogen and oxygen atoms in total. The third kappa shape index (κ3) is 6.76. The van der Waals surface area contributed by atoms with Gasteiger partial charge in [0, 0.05) is 32.2 Å². The van der Waals surface area contributed by atoms with Gasteiger partial charge in [0.2, 0.25) is 0 Å². The van der Waals surface area contributed by atoms with Crippen molar-refractivity contribution in [2.75, 3.05) is 19.0 Å². The Balaban J connectivity index is 1.38. The molecule has 0 fully saturated rings. The van der Waals surface area contributed by atoms with E-state index in [2.05, 4.69) is 49.6 Å².